The summed E-state index contributed by atoms with van der Waals surface area (Å²) >= 11 is 0. The Morgan fingerprint density at radius 3 is 2.33 bits per heavy atom. The van der Waals surface area contributed by atoms with Gasteiger partial charge in [-0.05, 0) is 37.5 Å². The van der Waals surface area contributed by atoms with E-state index in [0.717, 1.165) is 4.90 Å². The van der Waals surface area contributed by atoms with Gasteiger partial charge in [0.25, 0.3) is 5.91 Å². The van der Waals surface area contributed by atoms with E-state index >= 15 is 0 Å². The molecule has 0 bridgehead atoms. The van der Waals surface area contributed by atoms with Crippen LogP contribution in [0.4, 0.5) is 13.6 Å². The minimum absolute atomic E-state index is 0.0620. The third kappa shape index (κ3) is 4.53. The molecular weight excluding hydrogens is 360 g/mol. The molecule has 0 aliphatic carbocycles. The van der Waals surface area contributed by atoms with Crippen LogP contribution in [-0.4, -0.2) is 41.9 Å². The van der Waals surface area contributed by atoms with Crippen molar-refractivity contribution in [3.63, 3.8) is 0 Å². The van der Waals surface area contributed by atoms with Crippen molar-refractivity contribution in [3.8, 4) is 5.75 Å². The van der Waals surface area contributed by atoms with Gasteiger partial charge in [-0.25, -0.2) is 4.79 Å². The molecule has 9 heteroatoms. The third-order valence-electron chi connectivity index (χ3n) is 4.62. The Morgan fingerprint density at radius 1 is 1.22 bits per heavy atom. The van der Waals surface area contributed by atoms with Crippen molar-refractivity contribution < 1.29 is 27.9 Å². The number of urea groups is 1. The molecule has 1 aromatic carbocycles. The topological polar surface area (TPSA) is 87.7 Å². The van der Waals surface area contributed by atoms with Gasteiger partial charge in [0.1, 0.15) is 17.8 Å². The van der Waals surface area contributed by atoms with E-state index in [1.807, 2.05) is 20.8 Å². The normalized spacial score (nSPS) is 20.8. The van der Waals surface area contributed by atoms with Crippen molar-refractivity contribution in [2.24, 2.45) is 5.92 Å². The fraction of sp³-hybridized carbons (Fsp3) is 0.500. The van der Waals surface area contributed by atoms with Crippen molar-refractivity contribution in [3.05, 3.63) is 29.8 Å². The number of hydrogen-bond acceptors (Lipinski definition) is 4. The highest BCUT2D eigenvalue weighted by Gasteiger charge is 2.49. The van der Waals surface area contributed by atoms with Gasteiger partial charge < -0.3 is 15.4 Å². The van der Waals surface area contributed by atoms with Crippen LogP contribution in [0.2, 0.25) is 0 Å². The molecule has 4 amide bonds. The predicted molar refractivity (Wildman–Crippen MR) is 93.1 cm³/mol. The molecular formula is C18H23F2N3O4. The van der Waals surface area contributed by atoms with Crippen molar-refractivity contribution in [1.29, 1.82) is 0 Å². The number of carbonyl (C=O) groups excluding carboxylic acids is 3. The maximum atomic E-state index is 12.8. The van der Waals surface area contributed by atoms with Crippen LogP contribution in [0, 0.1) is 5.92 Å². The first-order valence-electron chi connectivity index (χ1n) is 8.53. The second kappa shape index (κ2) is 7.89. The summed E-state index contributed by atoms with van der Waals surface area (Å²) in [6, 6.07) is 4.60. The van der Waals surface area contributed by atoms with Gasteiger partial charge >= 0.3 is 12.6 Å². The van der Waals surface area contributed by atoms with E-state index in [9.17, 15) is 23.2 Å². The summed E-state index contributed by atoms with van der Waals surface area (Å²) < 4.78 is 28.8. The molecule has 0 spiro atoms. The molecule has 27 heavy (non-hydrogen) atoms. The van der Waals surface area contributed by atoms with Gasteiger partial charge in [-0.3, -0.25) is 14.5 Å². The molecule has 0 saturated carbocycles. The highest BCUT2D eigenvalue weighted by atomic mass is 19.3. The van der Waals surface area contributed by atoms with Gasteiger partial charge in [0, 0.05) is 6.04 Å². The van der Waals surface area contributed by atoms with Crippen molar-refractivity contribution >= 4 is 17.8 Å². The number of ether oxygens (including phenoxy) is 1. The number of carbonyl (C=O) groups is 3. The van der Waals surface area contributed by atoms with Crippen molar-refractivity contribution in [2.75, 3.05) is 6.54 Å². The summed E-state index contributed by atoms with van der Waals surface area (Å²) in [5.74, 6) is -0.892. The van der Waals surface area contributed by atoms with E-state index in [0.29, 0.717) is 5.56 Å². The lowest BCUT2D eigenvalue weighted by Crippen LogP contribution is -2.45. The monoisotopic (exact) mass is 383 g/mol. The molecule has 2 atom stereocenters. The standard InChI is InChI=1S/C18H23F2N3O4/c1-10(2)11(3)21-14(24)9-23-15(25)18(4,22-17(23)26)12-5-7-13(8-6-12)27-16(19)20/h5-8,10-11,16H,9H2,1-4H3,(H,21,24)(H,22,26)/t11-,18+/m0/s1. The summed E-state index contributed by atoms with van der Waals surface area (Å²) in [5, 5.41) is 5.30. The second-order valence-electron chi connectivity index (χ2n) is 6.95. The molecule has 0 unspecified atom stereocenters. The molecule has 1 saturated heterocycles. The first-order valence-corrected chi connectivity index (χ1v) is 8.53. The molecule has 1 heterocycles. The quantitative estimate of drug-likeness (QED) is 0.707. The minimum atomic E-state index is -2.96. The average molecular weight is 383 g/mol. The average Bonchev–Trinajstić information content (AvgIpc) is 2.79. The van der Waals surface area contributed by atoms with Gasteiger partial charge in [0.15, 0.2) is 0 Å². The smallest absolute Gasteiger partial charge is 0.387 e. The van der Waals surface area contributed by atoms with Gasteiger partial charge in [-0.15, -0.1) is 0 Å². The highest BCUT2D eigenvalue weighted by molar-refractivity contribution is 6.09. The summed E-state index contributed by atoms with van der Waals surface area (Å²) in [6.45, 7) is 3.85. The summed E-state index contributed by atoms with van der Waals surface area (Å²) in [7, 11) is 0. The molecule has 2 N–H and O–H groups in total. The van der Waals surface area contributed by atoms with Gasteiger partial charge in [-0.2, -0.15) is 8.78 Å². The van der Waals surface area contributed by atoms with E-state index in [2.05, 4.69) is 15.4 Å². The van der Waals surface area contributed by atoms with Crippen molar-refractivity contribution in [2.45, 2.75) is 45.9 Å². The van der Waals surface area contributed by atoms with Crippen LogP contribution >= 0.6 is 0 Å². The van der Waals surface area contributed by atoms with Crippen LogP contribution in [0.15, 0.2) is 24.3 Å². The van der Waals surface area contributed by atoms with E-state index in [1.54, 1.807) is 0 Å². The Labute approximate surface area is 156 Å². The lowest BCUT2D eigenvalue weighted by atomic mass is 9.92. The number of nitrogens with one attached hydrogen (secondary N) is 2. The minimum Gasteiger partial charge on any atom is -0.435 e. The van der Waals surface area contributed by atoms with E-state index in [-0.39, 0.29) is 17.7 Å². The number of hydrogen-bond donors (Lipinski definition) is 2. The number of halogens is 2. The third-order valence-corrected chi connectivity index (χ3v) is 4.62. The van der Waals surface area contributed by atoms with E-state index in [4.69, 9.17) is 0 Å². The van der Waals surface area contributed by atoms with Crippen LogP contribution in [0.3, 0.4) is 0 Å². The SMILES string of the molecule is CC(C)[C@H](C)NC(=O)CN1C(=O)N[C@](C)(c2ccc(OC(F)F)cc2)C1=O. The first-order chi connectivity index (χ1) is 12.5. The number of alkyl halides is 2. The van der Waals surface area contributed by atoms with Crippen LogP contribution in [0.1, 0.15) is 33.3 Å². The number of nitrogens with zero attached hydrogens (tertiary/aromatic N) is 1. The summed E-state index contributed by atoms with van der Waals surface area (Å²) in [4.78, 5) is 38.0. The van der Waals surface area contributed by atoms with E-state index in [1.165, 1.54) is 31.2 Å². The molecule has 1 aliphatic rings. The highest BCUT2D eigenvalue weighted by Crippen LogP contribution is 2.30. The number of imide groups is 1. The zero-order valence-electron chi connectivity index (χ0n) is 15.6. The predicted octanol–water partition coefficient (Wildman–Crippen LogP) is 2.22. The summed E-state index contributed by atoms with van der Waals surface area (Å²) in [6.07, 6.45) is 0. The molecule has 1 aromatic rings. The Balaban J connectivity index is 2.12. The maximum absolute atomic E-state index is 12.8. The van der Waals surface area contributed by atoms with Crippen LogP contribution in [0.5, 0.6) is 5.75 Å². The van der Waals surface area contributed by atoms with Gasteiger partial charge in [0.05, 0.1) is 0 Å². The largest absolute Gasteiger partial charge is 0.435 e. The Bertz CT molecular complexity index is 724. The first kappa shape index (κ1) is 20.6. The number of benzene rings is 1. The second-order valence-corrected chi connectivity index (χ2v) is 6.95. The maximum Gasteiger partial charge on any atom is 0.387 e. The summed E-state index contributed by atoms with van der Waals surface area (Å²) in [5.41, 5.74) is -1.01. The van der Waals surface area contributed by atoms with E-state index < -0.39 is 36.5 Å². The lowest BCUT2D eigenvalue weighted by Gasteiger charge is -2.23. The lowest BCUT2D eigenvalue weighted by molar-refractivity contribution is -0.135. The molecule has 7 nitrogen and oxygen atoms in total. The van der Waals surface area contributed by atoms with Crippen LogP contribution < -0.4 is 15.4 Å². The Hall–Kier alpha value is -2.71. The van der Waals surface area contributed by atoms with Gasteiger partial charge in [0.2, 0.25) is 5.91 Å². The number of amides is 4. The fourth-order valence-corrected chi connectivity index (χ4v) is 2.62. The van der Waals surface area contributed by atoms with Crippen LogP contribution in [-0.2, 0) is 15.1 Å². The van der Waals surface area contributed by atoms with Gasteiger partial charge in [-0.1, -0.05) is 26.0 Å². The molecule has 1 aliphatic heterocycles. The molecule has 1 fully saturated rings. The zero-order valence-corrected chi connectivity index (χ0v) is 15.6. The molecule has 0 radical (unpaired) electrons. The molecule has 148 valence electrons. The van der Waals surface area contributed by atoms with Crippen LogP contribution in [0.25, 0.3) is 0 Å². The molecule has 0 aromatic heterocycles. The number of rotatable bonds is 7. The molecule has 2 rings (SSSR count). The Kier molecular flexibility index (Phi) is 6.02. The fourth-order valence-electron chi connectivity index (χ4n) is 2.62. The van der Waals surface area contributed by atoms with Crippen molar-refractivity contribution in [1.82, 2.24) is 15.5 Å². The zero-order chi connectivity index (χ0) is 20.4. The Morgan fingerprint density at radius 2 is 1.81 bits per heavy atom.